The maximum atomic E-state index is 9.51. The second kappa shape index (κ2) is 4.63. The molecule has 0 radical (unpaired) electrons. The molecule has 1 aliphatic heterocycles. The summed E-state index contributed by atoms with van der Waals surface area (Å²) in [5.74, 6) is 0.563. The van der Waals surface area contributed by atoms with Crippen LogP contribution in [-0.4, -0.2) is 35.2 Å². The molecule has 2 aliphatic rings. The third kappa shape index (κ3) is 2.29. The quantitative estimate of drug-likeness (QED) is 0.732. The Morgan fingerprint density at radius 3 is 2.14 bits per heavy atom. The highest BCUT2D eigenvalue weighted by Gasteiger charge is 2.28. The van der Waals surface area contributed by atoms with Crippen molar-refractivity contribution >= 4 is 0 Å². The maximum Gasteiger partial charge on any atom is 0.0541 e. The Morgan fingerprint density at radius 1 is 1.07 bits per heavy atom. The number of likely N-dealkylation sites (tertiary alicyclic amines) is 1. The van der Waals surface area contributed by atoms with Crippen molar-refractivity contribution in [1.82, 2.24) is 4.90 Å². The highest BCUT2D eigenvalue weighted by atomic mass is 16.3. The molecule has 1 atom stereocenters. The topological polar surface area (TPSA) is 23.5 Å². The van der Waals surface area contributed by atoms with Crippen molar-refractivity contribution in [2.24, 2.45) is 5.92 Å². The van der Waals surface area contributed by atoms with E-state index in [1.807, 2.05) is 6.92 Å². The molecule has 1 saturated heterocycles. The summed E-state index contributed by atoms with van der Waals surface area (Å²) in [6.45, 7) is 4.39. The van der Waals surface area contributed by atoms with Gasteiger partial charge in [0.2, 0.25) is 0 Å². The van der Waals surface area contributed by atoms with Gasteiger partial charge in [0.15, 0.2) is 0 Å². The van der Waals surface area contributed by atoms with Gasteiger partial charge in [-0.2, -0.15) is 0 Å². The summed E-state index contributed by atoms with van der Waals surface area (Å²) < 4.78 is 0. The predicted octanol–water partition coefficient (Wildman–Crippen LogP) is 2.02. The van der Waals surface area contributed by atoms with E-state index in [9.17, 15) is 5.11 Å². The van der Waals surface area contributed by atoms with Crippen molar-refractivity contribution in [3.63, 3.8) is 0 Å². The molecule has 1 saturated carbocycles. The lowest BCUT2D eigenvalue weighted by Crippen LogP contribution is -2.42. The molecule has 1 N–H and O–H groups in total. The van der Waals surface area contributed by atoms with Crippen molar-refractivity contribution < 1.29 is 5.11 Å². The zero-order valence-electron chi connectivity index (χ0n) is 9.28. The minimum Gasteiger partial charge on any atom is -0.393 e. The van der Waals surface area contributed by atoms with Gasteiger partial charge < -0.3 is 10.0 Å². The molecule has 14 heavy (non-hydrogen) atoms. The molecule has 2 heteroatoms. The molecule has 0 aromatic rings. The zero-order chi connectivity index (χ0) is 9.97. The summed E-state index contributed by atoms with van der Waals surface area (Å²) >= 11 is 0. The van der Waals surface area contributed by atoms with Gasteiger partial charge in [-0.05, 0) is 51.6 Å². The molecule has 1 heterocycles. The number of aliphatic hydroxyl groups is 1. The molecule has 0 bridgehead atoms. The Labute approximate surface area is 87.3 Å². The Morgan fingerprint density at radius 2 is 1.64 bits per heavy atom. The largest absolute Gasteiger partial charge is 0.393 e. The van der Waals surface area contributed by atoms with Gasteiger partial charge in [-0.15, -0.1) is 0 Å². The van der Waals surface area contributed by atoms with Crippen LogP contribution < -0.4 is 0 Å². The van der Waals surface area contributed by atoms with Crippen LogP contribution in [0, 0.1) is 5.92 Å². The van der Waals surface area contributed by atoms with Gasteiger partial charge in [0.25, 0.3) is 0 Å². The first kappa shape index (κ1) is 10.4. The van der Waals surface area contributed by atoms with E-state index in [0.29, 0.717) is 5.92 Å². The lowest BCUT2D eigenvalue weighted by Gasteiger charge is -2.36. The fraction of sp³-hybridized carbons (Fsp3) is 1.00. The van der Waals surface area contributed by atoms with Gasteiger partial charge in [-0.1, -0.05) is 12.8 Å². The minimum absolute atomic E-state index is 0.0965. The van der Waals surface area contributed by atoms with E-state index in [1.54, 1.807) is 0 Å². The van der Waals surface area contributed by atoms with E-state index in [-0.39, 0.29) is 6.10 Å². The third-order valence-electron chi connectivity index (χ3n) is 4.10. The third-order valence-corrected chi connectivity index (χ3v) is 4.10. The Kier molecular flexibility index (Phi) is 3.45. The predicted molar refractivity (Wildman–Crippen MR) is 58.2 cm³/mol. The Balaban J connectivity index is 1.77. The number of nitrogens with zero attached hydrogens (tertiary/aromatic N) is 1. The van der Waals surface area contributed by atoms with Gasteiger partial charge in [0, 0.05) is 6.04 Å². The van der Waals surface area contributed by atoms with Crippen molar-refractivity contribution in [3.8, 4) is 0 Å². The van der Waals surface area contributed by atoms with Crippen LogP contribution in [-0.2, 0) is 0 Å². The normalized spacial score (nSPS) is 29.6. The highest BCUT2D eigenvalue weighted by Crippen LogP contribution is 2.28. The number of rotatable bonds is 2. The highest BCUT2D eigenvalue weighted by molar-refractivity contribution is 4.82. The van der Waals surface area contributed by atoms with Crippen LogP contribution in [0.3, 0.4) is 0 Å². The number of hydrogen-bond acceptors (Lipinski definition) is 2. The molecular formula is C12H23NO. The van der Waals surface area contributed by atoms with Crippen LogP contribution in [0.5, 0.6) is 0 Å². The monoisotopic (exact) mass is 197 g/mol. The fourth-order valence-corrected chi connectivity index (χ4v) is 3.04. The van der Waals surface area contributed by atoms with Gasteiger partial charge in [0.1, 0.15) is 0 Å². The summed E-state index contributed by atoms with van der Waals surface area (Å²) in [6, 6.07) is 0.880. The van der Waals surface area contributed by atoms with Crippen LogP contribution in [0.2, 0.25) is 0 Å². The summed E-state index contributed by atoms with van der Waals surface area (Å²) in [7, 11) is 0. The lowest BCUT2D eigenvalue weighted by molar-refractivity contribution is 0.0568. The molecule has 0 spiro atoms. The molecule has 0 amide bonds. The first-order chi connectivity index (χ1) is 6.77. The summed E-state index contributed by atoms with van der Waals surface area (Å²) in [5.41, 5.74) is 0. The molecule has 1 aliphatic carbocycles. The van der Waals surface area contributed by atoms with E-state index in [1.165, 1.54) is 51.6 Å². The Hall–Kier alpha value is -0.0800. The number of piperidine rings is 1. The average molecular weight is 197 g/mol. The minimum atomic E-state index is -0.0965. The van der Waals surface area contributed by atoms with Gasteiger partial charge in [-0.25, -0.2) is 0 Å². The van der Waals surface area contributed by atoms with E-state index in [4.69, 9.17) is 0 Å². The second-order valence-electron chi connectivity index (χ2n) is 5.05. The van der Waals surface area contributed by atoms with Crippen molar-refractivity contribution in [2.45, 2.75) is 57.6 Å². The van der Waals surface area contributed by atoms with E-state index in [2.05, 4.69) is 4.90 Å². The molecular weight excluding hydrogens is 174 g/mol. The Bertz CT molecular complexity index is 167. The van der Waals surface area contributed by atoms with Gasteiger partial charge >= 0.3 is 0 Å². The smallest absolute Gasteiger partial charge is 0.0541 e. The first-order valence-electron chi connectivity index (χ1n) is 6.19. The average Bonchev–Trinajstić information content (AvgIpc) is 2.71. The first-order valence-corrected chi connectivity index (χ1v) is 6.19. The zero-order valence-corrected chi connectivity index (χ0v) is 9.28. The van der Waals surface area contributed by atoms with E-state index >= 15 is 0 Å². The van der Waals surface area contributed by atoms with Crippen LogP contribution >= 0.6 is 0 Å². The second-order valence-corrected chi connectivity index (χ2v) is 5.05. The molecule has 0 aromatic heterocycles. The van der Waals surface area contributed by atoms with Crippen LogP contribution in [0.4, 0.5) is 0 Å². The molecule has 0 aromatic carbocycles. The standard InChI is InChI=1S/C12H23NO/c1-10(14)11-6-8-13(9-7-11)12-4-2-3-5-12/h10-12,14H,2-9H2,1H3. The van der Waals surface area contributed by atoms with Crippen molar-refractivity contribution in [2.75, 3.05) is 13.1 Å². The van der Waals surface area contributed by atoms with Crippen molar-refractivity contribution in [3.05, 3.63) is 0 Å². The summed E-state index contributed by atoms with van der Waals surface area (Å²) in [6.07, 6.45) is 8.00. The van der Waals surface area contributed by atoms with E-state index in [0.717, 1.165) is 6.04 Å². The number of hydrogen-bond donors (Lipinski definition) is 1. The maximum absolute atomic E-state index is 9.51. The van der Waals surface area contributed by atoms with Crippen LogP contribution in [0.25, 0.3) is 0 Å². The SMILES string of the molecule is CC(O)C1CCN(C2CCCC2)CC1. The number of aliphatic hydroxyl groups excluding tert-OH is 1. The summed E-state index contributed by atoms with van der Waals surface area (Å²) in [5, 5.41) is 9.51. The van der Waals surface area contributed by atoms with Crippen LogP contribution in [0.15, 0.2) is 0 Å². The molecule has 2 nitrogen and oxygen atoms in total. The molecule has 2 rings (SSSR count). The van der Waals surface area contributed by atoms with Crippen molar-refractivity contribution in [1.29, 1.82) is 0 Å². The molecule has 82 valence electrons. The molecule has 1 unspecified atom stereocenters. The van der Waals surface area contributed by atoms with Gasteiger partial charge in [0.05, 0.1) is 6.10 Å². The fourth-order valence-electron chi connectivity index (χ4n) is 3.04. The lowest BCUT2D eigenvalue weighted by atomic mass is 9.91. The van der Waals surface area contributed by atoms with Crippen LogP contribution in [0.1, 0.15) is 45.4 Å². The molecule has 2 fully saturated rings. The van der Waals surface area contributed by atoms with Gasteiger partial charge in [-0.3, -0.25) is 0 Å². The van der Waals surface area contributed by atoms with E-state index < -0.39 is 0 Å². The summed E-state index contributed by atoms with van der Waals surface area (Å²) in [4.78, 5) is 2.66.